The van der Waals surface area contributed by atoms with E-state index in [1.165, 1.54) is 11.1 Å². The van der Waals surface area contributed by atoms with Crippen LogP contribution in [0.5, 0.6) is 0 Å². The summed E-state index contributed by atoms with van der Waals surface area (Å²) in [5.74, 6) is -0.0445. The maximum absolute atomic E-state index is 12.4. The van der Waals surface area contributed by atoms with E-state index in [2.05, 4.69) is 34.5 Å². The number of nitrogens with zero attached hydrogens (tertiary/aromatic N) is 1. The van der Waals surface area contributed by atoms with Crippen LogP contribution in [0.3, 0.4) is 0 Å². The molecule has 0 fully saturated rings. The Hall–Kier alpha value is -3.07. The van der Waals surface area contributed by atoms with Crippen molar-refractivity contribution in [2.75, 3.05) is 24.3 Å². The summed E-state index contributed by atoms with van der Waals surface area (Å²) in [5.41, 5.74) is 4.78. The van der Waals surface area contributed by atoms with Gasteiger partial charge in [0.2, 0.25) is 0 Å². The van der Waals surface area contributed by atoms with Gasteiger partial charge < -0.3 is 10.2 Å². The van der Waals surface area contributed by atoms with Crippen LogP contribution in [0.2, 0.25) is 0 Å². The molecule has 0 atom stereocenters. The van der Waals surface area contributed by atoms with Gasteiger partial charge in [-0.05, 0) is 29.2 Å². The number of hydrogen-bond donors (Lipinski definition) is 1. The molecule has 0 aliphatic carbocycles. The number of para-hydroxylation sites is 1. The summed E-state index contributed by atoms with van der Waals surface area (Å²) in [7, 11) is 4.08. The maximum atomic E-state index is 12.4. The predicted molar refractivity (Wildman–Crippen MR) is 101 cm³/mol. The second-order valence-corrected chi connectivity index (χ2v) is 6.17. The number of carbonyl (C=O) groups is 1. The Kier molecular flexibility index (Phi) is 3.35. The van der Waals surface area contributed by atoms with E-state index in [1.54, 1.807) is 0 Å². The second-order valence-electron chi connectivity index (χ2n) is 6.17. The van der Waals surface area contributed by atoms with Crippen LogP contribution in [-0.4, -0.2) is 20.0 Å². The normalized spacial score (nSPS) is 14.8. The van der Waals surface area contributed by atoms with Crippen LogP contribution in [-0.2, 0) is 4.79 Å². The van der Waals surface area contributed by atoms with Crippen molar-refractivity contribution in [1.29, 1.82) is 0 Å². The highest BCUT2D eigenvalue weighted by molar-refractivity contribution is 6.35. The van der Waals surface area contributed by atoms with E-state index in [4.69, 9.17) is 0 Å². The van der Waals surface area contributed by atoms with Gasteiger partial charge in [-0.25, -0.2) is 0 Å². The van der Waals surface area contributed by atoms with Crippen LogP contribution in [0.4, 0.5) is 11.4 Å². The molecular formula is C21H18N2O. The minimum Gasteiger partial charge on any atom is -0.377 e. The Morgan fingerprint density at radius 1 is 0.875 bits per heavy atom. The van der Waals surface area contributed by atoms with Crippen LogP contribution >= 0.6 is 0 Å². The van der Waals surface area contributed by atoms with Gasteiger partial charge >= 0.3 is 0 Å². The third-order valence-corrected chi connectivity index (χ3v) is 4.43. The molecule has 3 nitrogen and oxygen atoms in total. The third-order valence-electron chi connectivity index (χ3n) is 4.43. The van der Waals surface area contributed by atoms with Crippen molar-refractivity contribution in [2.24, 2.45) is 0 Å². The molecule has 0 spiro atoms. The summed E-state index contributed by atoms with van der Waals surface area (Å²) in [5, 5.41) is 5.26. The summed E-state index contributed by atoms with van der Waals surface area (Å²) >= 11 is 0. The molecule has 0 bridgehead atoms. The average Bonchev–Trinajstić information content (AvgIpc) is 2.90. The minimum atomic E-state index is -0.0445. The molecule has 1 heterocycles. The highest BCUT2D eigenvalue weighted by Crippen LogP contribution is 2.35. The van der Waals surface area contributed by atoms with Gasteiger partial charge in [-0.1, -0.05) is 48.5 Å². The molecule has 0 unspecified atom stereocenters. The lowest BCUT2D eigenvalue weighted by molar-refractivity contribution is -0.110. The third kappa shape index (κ3) is 2.26. The monoisotopic (exact) mass is 314 g/mol. The Bertz CT molecular complexity index is 986. The Morgan fingerprint density at radius 2 is 1.58 bits per heavy atom. The van der Waals surface area contributed by atoms with Crippen molar-refractivity contribution in [3.05, 3.63) is 71.8 Å². The number of rotatable bonds is 2. The summed E-state index contributed by atoms with van der Waals surface area (Å²) < 4.78 is 0. The van der Waals surface area contributed by atoms with E-state index in [0.29, 0.717) is 5.57 Å². The Labute approximate surface area is 141 Å². The Balaban J connectivity index is 1.93. The molecule has 0 radical (unpaired) electrons. The van der Waals surface area contributed by atoms with Crippen molar-refractivity contribution in [1.82, 2.24) is 0 Å². The molecule has 3 aromatic rings. The van der Waals surface area contributed by atoms with Gasteiger partial charge in [0.1, 0.15) is 0 Å². The summed E-state index contributed by atoms with van der Waals surface area (Å²) in [6.07, 6.45) is 1.99. The molecule has 118 valence electrons. The first kappa shape index (κ1) is 14.5. The van der Waals surface area contributed by atoms with Gasteiger partial charge in [-0.2, -0.15) is 0 Å². The molecular weight excluding hydrogens is 296 g/mol. The lowest BCUT2D eigenvalue weighted by Crippen LogP contribution is -2.09. The standard InChI is InChI=1S/C21H18N2O/c1-23(2)20-12-11-14(15-7-3-4-9-17(15)20)13-18-16-8-5-6-10-19(16)22-21(18)24/h3-13H,1-2H3,(H,22,24)/b18-13+. The largest absolute Gasteiger partial charge is 0.377 e. The van der Waals surface area contributed by atoms with Crippen molar-refractivity contribution in [3.63, 3.8) is 0 Å². The van der Waals surface area contributed by atoms with Gasteiger partial charge in [0, 0.05) is 42.0 Å². The van der Waals surface area contributed by atoms with E-state index in [-0.39, 0.29) is 5.91 Å². The first-order valence-electron chi connectivity index (χ1n) is 7.96. The van der Waals surface area contributed by atoms with Crippen molar-refractivity contribution in [3.8, 4) is 0 Å². The van der Waals surface area contributed by atoms with E-state index in [0.717, 1.165) is 22.2 Å². The smallest absolute Gasteiger partial charge is 0.256 e. The first-order valence-corrected chi connectivity index (χ1v) is 7.96. The average molecular weight is 314 g/mol. The first-order chi connectivity index (χ1) is 11.6. The van der Waals surface area contributed by atoms with Crippen LogP contribution in [0.1, 0.15) is 11.1 Å². The SMILES string of the molecule is CN(C)c1ccc(/C=C2/C(=O)Nc3ccccc32)c2ccccc12. The molecule has 3 aromatic carbocycles. The van der Waals surface area contributed by atoms with Gasteiger partial charge in [-0.15, -0.1) is 0 Å². The number of anilines is 2. The minimum absolute atomic E-state index is 0.0445. The van der Waals surface area contributed by atoms with Crippen LogP contribution < -0.4 is 10.2 Å². The molecule has 1 aliphatic rings. The van der Waals surface area contributed by atoms with Crippen molar-refractivity contribution >= 4 is 39.7 Å². The number of amides is 1. The fourth-order valence-corrected chi connectivity index (χ4v) is 3.26. The van der Waals surface area contributed by atoms with Crippen molar-refractivity contribution in [2.45, 2.75) is 0 Å². The molecule has 1 N–H and O–H groups in total. The summed E-state index contributed by atoms with van der Waals surface area (Å²) in [6, 6.07) is 20.3. The van der Waals surface area contributed by atoms with E-state index < -0.39 is 0 Å². The molecule has 0 saturated carbocycles. The number of nitrogens with one attached hydrogen (secondary N) is 1. The highest BCUT2D eigenvalue weighted by atomic mass is 16.2. The fraction of sp³-hybridized carbons (Fsp3) is 0.0952. The number of fused-ring (bicyclic) bond motifs is 2. The fourth-order valence-electron chi connectivity index (χ4n) is 3.26. The zero-order valence-electron chi connectivity index (χ0n) is 13.7. The molecule has 0 saturated heterocycles. The molecule has 4 rings (SSSR count). The molecule has 1 amide bonds. The second kappa shape index (κ2) is 5.53. The summed E-state index contributed by atoms with van der Waals surface area (Å²) in [4.78, 5) is 14.5. The number of hydrogen-bond acceptors (Lipinski definition) is 2. The van der Waals surface area contributed by atoms with E-state index >= 15 is 0 Å². The van der Waals surface area contributed by atoms with E-state index in [1.807, 2.05) is 56.6 Å². The van der Waals surface area contributed by atoms with Gasteiger partial charge in [-0.3, -0.25) is 4.79 Å². The maximum Gasteiger partial charge on any atom is 0.256 e. The Morgan fingerprint density at radius 3 is 2.38 bits per heavy atom. The number of benzene rings is 3. The van der Waals surface area contributed by atoms with Crippen LogP contribution in [0.25, 0.3) is 22.4 Å². The molecule has 1 aliphatic heterocycles. The lowest BCUT2D eigenvalue weighted by Gasteiger charge is -2.16. The molecule has 3 heteroatoms. The number of carbonyl (C=O) groups excluding carboxylic acids is 1. The van der Waals surface area contributed by atoms with Gasteiger partial charge in [0.15, 0.2) is 0 Å². The van der Waals surface area contributed by atoms with Gasteiger partial charge in [0.05, 0.1) is 0 Å². The predicted octanol–water partition coefficient (Wildman–Crippen LogP) is 4.40. The summed E-state index contributed by atoms with van der Waals surface area (Å²) in [6.45, 7) is 0. The van der Waals surface area contributed by atoms with Crippen LogP contribution in [0.15, 0.2) is 60.7 Å². The molecule has 24 heavy (non-hydrogen) atoms. The zero-order valence-corrected chi connectivity index (χ0v) is 13.7. The quantitative estimate of drug-likeness (QED) is 0.711. The molecule has 0 aromatic heterocycles. The van der Waals surface area contributed by atoms with Crippen LogP contribution in [0, 0.1) is 0 Å². The lowest BCUT2D eigenvalue weighted by atomic mass is 9.98. The van der Waals surface area contributed by atoms with E-state index in [9.17, 15) is 4.79 Å². The topological polar surface area (TPSA) is 32.3 Å². The van der Waals surface area contributed by atoms with Gasteiger partial charge in [0.25, 0.3) is 5.91 Å². The van der Waals surface area contributed by atoms with Crippen molar-refractivity contribution < 1.29 is 4.79 Å². The highest BCUT2D eigenvalue weighted by Gasteiger charge is 2.23. The zero-order chi connectivity index (χ0) is 16.7.